The van der Waals surface area contributed by atoms with Crippen molar-refractivity contribution in [2.24, 2.45) is 0 Å². The number of nitrogens with zero attached hydrogens (tertiary/aromatic N) is 2. The Morgan fingerprint density at radius 3 is 2.60 bits per heavy atom. The van der Waals surface area contributed by atoms with Crippen molar-refractivity contribution in [2.75, 3.05) is 5.32 Å². The predicted octanol–water partition coefficient (Wildman–Crippen LogP) is 3.67. The Kier molecular flexibility index (Phi) is 3.96. The fourth-order valence-electron chi connectivity index (χ4n) is 1.75. The van der Waals surface area contributed by atoms with Crippen molar-refractivity contribution in [1.82, 2.24) is 9.78 Å². The van der Waals surface area contributed by atoms with Crippen LogP contribution in [0, 0.1) is 5.82 Å². The van der Waals surface area contributed by atoms with E-state index in [9.17, 15) is 17.6 Å². The highest BCUT2D eigenvalue weighted by Gasteiger charge is 2.31. The van der Waals surface area contributed by atoms with Gasteiger partial charge in [0.15, 0.2) is 0 Å². The van der Waals surface area contributed by atoms with Crippen LogP contribution in [-0.2, 0) is 19.3 Å². The van der Waals surface area contributed by atoms with Gasteiger partial charge in [-0.1, -0.05) is 0 Å². The van der Waals surface area contributed by atoms with Gasteiger partial charge in [-0.2, -0.15) is 18.3 Å². The summed E-state index contributed by atoms with van der Waals surface area (Å²) in [5.41, 5.74) is -0.0928. The highest BCUT2D eigenvalue weighted by atomic mass is 19.4. The number of nitrogens with one attached hydrogen (secondary N) is 1. The zero-order valence-corrected chi connectivity index (χ0v) is 10.7. The summed E-state index contributed by atoms with van der Waals surface area (Å²) in [5.74, 6) is -0.902. The first-order valence-corrected chi connectivity index (χ1v) is 6.01. The second kappa shape index (κ2) is 5.52. The molecule has 0 bridgehead atoms. The van der Waals surface area contributed by atoms with E-state index in [0.29, 0.717) is 18.3 Å². The van der Waals surface area contributed by atoms with Crippen LogP contribution in [0.5, 0.6) is 0 Å². The first-order chi connectivity index (χ1) is 9.38. The molecule has 20 heavy (non-hydrogen) atoms. The van der Waals surface area contributed by atoms with E-state index < -0.39 is 17.6 Å². The lowest BCUT2D eigenvalue weighted by Gasteiger charge is -2.10. The molecular weight excluding hydrogens is 274 g/mol. The maximum Gasteiger partial charge on any atom is 0.416 e. The molecule has 2 rings (SSSR count). The van der Waals surface area contributed by atoms with Crippen molar-refractivity contribution in [3.63, 3.8) is 0 Å². The molecule has 2 aromatic rings. The molecule has 0 atom stereocenters. The standard InChI is InChI=1S/C13H13F4N3/c1-2-20-8-12(7-19-20)18-6-9-3-10(13(15,16)17)5-11(14)4-9/h3-5,7-8,18H,2,6H2,1H3. The molecule has 3 nitrogen and oxygen atoms in total. The van der Waals surface area contributed by atoms with E-state index in [1.54, 1.807) is 17.1 Å². The minimum Gasteiger partial charge on any atom is -0.378 e. The minimum absolute atomic E-state index is 0.0935. The topological polar surface area (TPSA) is 29.9 Å². The van der Waals surface area contributed by atoms with Gasteiger partial charge in [0.2, 0.25) is 0 Å². The smallest absolute Gasteiger partial charge is 0.378 e. The van der Waals surface area contributed by atoms with Gasteiger partial charge in [-0.05, 0) is 30.7 Å². The molecule has 0 fully saturated rings. The number of rotatable bonds is 4. The van der Waals surface area contributed by atoms with Crippen molar-refractivity contribution >= 4 is 5.69 Å². The van der Waals surface area contributed by atoms with Gasteiger partial charge in [0.05, 0.1) is 17.4 Å². The molecule has 0 aliphatic carbocycles. The van der Waals surface area contributed by atoms with Gasteiger partial charge in [0, 0.05) is 19.3 Å². The first-order valence-electron chi connectivity index (χ1n) is 6.01. The zero-order valence-electron chi connectivity index (χ0n) is 10.7. The van der Waals surface area contributed by atoms with Crippen LogP contribution < -0.4 is 5.32 Å². The maximum atomic E-state index is 13.2. The molecule has 108 valence electrons. The van der Waals surface area contributed by atoms with Gasteiger partial charge < -0.3 is 5.32 Å². The third-order valence-corrected chi connectivity index (χ3v) is 2.74. The van der Waals surface area contributed by atoms with E-state index in [2.05, 4.69) is 10.4 Å². The number of aromatic nitrogens is 2. The van der Waals surface area contributed by atoms with Crippen LogP contribution in [0.3, 0.4) is 0 Å². The Balaban J connectivity index is 2.11. The highest BCUT2D eigenvalue weighted by Crippen LogP contribution is 2.30. The molecule has 0 spiro atoms. The van der Waals surface area contributed by atoms with Crippen molar-refractivity contribution in [2.45, 2.75) is 26.2 Å². The van der Waals surface area contributed by atoms with E-state index in [1.807, 2.05) is 6.92 Å². The average Bonchev–Trinajstić information content (AvgIpc) is 2.82. The molecule has 1 aromatic heterocycles. The summed E-state index contributed by atoms with van der Waals surface area (Å²) >= 11 is 0. The van der Waals surface area contributed by atoms with Crippen LogP contribution in [0.1, 0.15) is 18.1 Å². The number of anilines is 1. The van der Waals surface area contributed by atoms with Gasteiger partial charge in [0.25, 0.3) is 0 Å². The quantitative estimate of drug-likeness (QED) is 0.869. The third-order valence-electron chi connectivity index (χ3n) is 2.74. The third kappa shape index (κ3) is 3.49. The van der Waals surface area contributed by atoms with Gasteiger partial charge in [-0.25, -0.2) is 4.39 Å². The fourth-order valence-corrected chi connectivity index (χ4v) is 1.75. The van der Waals surface area contributed by atoms with E-state index in [0.717, 1.165) is 12.1 Å². The van der Waals surface area contributed by atoms with E-state index in [4.69, 9.17) is 0 Å². The summed E-state index contributed by atoms with van der Waals surface area (Å²) in [7, 11) is 0. The van der Waals surface area contributed by atoms with Crippen LogP contribution in [-0.4, -0.2) is 9.78 Å². The van der Waals surface area contributed by atoms with Crippen molar-refractivity contribution in [3.05, 3.63) is 47.5 Å². The monoisotopic (exact) mass is 287 g/mol. The maximum absolute atomic E-state index is 13.2. The van der Waals surface area contributed by atoms with Gasteiger partial charge in [-0.3, -0.25) is 4.68 Å². The summed E-state index contributed by atoms with van der Waals surface area (Å²) in [4.78, 5) is 0. The van der Waals surface area contributed by atoms with Crippen LogP contribution >= 0.6 is 0 Å². The number of alkyl halides is 3. The Morgan fingerprint density at radius 1 is 1.25 bits per heavy atom. The fraction of sp³-hybridized carbons (Fsp3) is 0.308. The number of halogens is 4. The predicted molar refractivity (Wildman–Crippen MR) is 66.6 cm³/mol. The lowest BCUT2D eigenvalue weighted by Crippen LogP contribution is -2.08. The Hall–Kier alpha value is -2.05. The molecule has 0 aliphatic rings. The second-order valence-electron chi connectivity index (χ2n) is 4.28. The molecule has 0 saturated carbocycles. The molecule has 1 aromatic carbocycles. The van der Waals surface area contributed by atoms with Gasteiger partial charge in [-0.15, -0.1) is 0 Å². The summed E-state index contributed by atoms with van der Waals surface area (Å²) in [6, 6.07) is 2.49. The molecule has 0 aliphatic heterocycles. The Morgan fingerprint density at radius 2 is 2.00 bits per heavy atom. The van der Waals surface area contributed by atoms with E-state index >= 15 is 0 Å². The zero-order chi connectivity index (χ0) is 14.8. The second-order valence-corrected chi connectivity index (χ2v) is 4.28. The van der Waals surface area contributed by atoms with Crippen molar-refractivity contribution < 1.29 is 17.6 Å². The number of benzene rings is 1. The molecule has 1 N–H and O–H groups in total. The van der Waals surface area contributed by atoms with Crippen LogP contribution in [0.2, 0.25) is 0 Å². The van der Waals surface area contributed by atoms with Crippen LogP contribution in [0.25, 0.3) is 0 Å². The molecular formula is C13H13F4N3. The van der Waals surface area contributed by atoms with E-state index in [-0.39, 0.29) is 12.1 Å². The largest absolute Gasteiger partial charge is 0.416 e. The highest BCUT2D eigenvalue weighted by molar-refractivity contribution is 5.39. The molecule has 0 saturated heterocycles. The van der Waals surface area contributed by atoms with Crippen LogP contribution in [0.15, 0.2) is 30.6 Å². The lowest BCUT2D eigenvalue weighted by atomic mass is 10.1. The van der Waals surface area contributed by atoms with E-state index in [1.165, 1.54) is 0 Å². The number of hydrogen-bond donors (Lipinski definition) is 1. The molecule has 1 heterocycles. The number of aryl methyl sites for hydroxylation is 1. The van der Waals surface area contributed by atoms with Crippen LogP contribution in [0.4, 0.5) is 23.2 Å². The number of hydrogen-bond acceptors (Lipinski definition) is 2. The lowest BCUT2D eigenvalue weighted by molar-refractivity contribution is -0.137. The van der Waals surface area contributed by atoms with Crippen molar-refractivity contribution in [3.8, 4) is 0 Å². The molecule has 0 unspecified atom stereocenters. The molecule has 7 heteroatoms. The Labute approximate surface area is 113 Å². The molecule has 0 amide bonds. The van der Waals surface area contributed by atoms with Gasteiger partial charge in [0.1, 0.15) is 5.82 Å². The van der Waals surface area contributed by atoms with Crippen molar-refractivity contribution in [1.29, 1.82) is 0 Å². The van der Waals surface area contributed by atoms with Gasteiger partial charge >= 0.3 is 6.18 Å². The summed E-state index contributed by atoms with van der Waals surface area (Å²) in [6.07, 6.45) is -1.26. The SMILES string of the molecule is CCn1cc(NCc2cc(F)cc(C(F)(F)F)c2)cn1. The average molecular weight is 287 g/mol. The summed E-state index contributed by atoms with van der Waals surface area (Å²) < 4.78 is 52.6. The summed E-state index contributed by atoms with van der Waals surface area (Å²) in [5, 5.41) is 6.93. The first kappa shape index (κ1) is 14.4. The Bertz CT molecular complexity index is 590. The normalized spacial score (nSPS) is 11.7. The molecule has 0 radical (unpaired) electrons. The summed E-state index contributed by atoms with van der Waals surface area (Å²) in [6.45, 7) is 2.70. The minimum atomic E-state index is -4.55.